The Morgan fingerprint density at radius 2 is 2.10 bits per heavy atom. The van der Waals surface area contributed by atoms with Gasteiger partial charge >= 0.3 is 0 Å². The predicted molar refractivity (Wildman–Crippen MR) is 88.7 cm³/mol. The maximum absolute atomic E-state index is 12.5. The second-order valence-corrected chi connectivity index (χ2v) is 6.07. The molecular formula is C16H22BrN3O. The largest absolute Gasteiger partial charge is 0.351 e. The molecule has 114 valence electrons. The summed E-state index contributed by atoms with van der Waals surface area (Å²) in [6, 6.07) is 3.86. The summed E-state index contributed by atoms with van der Waals surface area (Å²) in [6.45, 7) is 4.93. The van der Waals surface area contributed by atoms with Crippen LogP contribution in [0.2, 0.25) is 0 Å². The van der Waals surface area contributed by atoms with Gasteiger partial charge < -0.3 is 5.32 Å². The van der Waals surface area contributed by atoms with Crippen molar-refractivity contribution in [1.82, 2.24) is 14.7 Å². The number of nitrogens with zero attached hydrogens (tertiary/aromatic N) is 2. The van der Waals surface area contributed by atoms with E-state index in [9.17, 15) is 4.79 Å². The Hall–Kier alpha value is -1.36. The highest BCUT2D eigenvalue weighted by Crippen LogP contribution is 2.17. The zero-order valence-electron chi connectivity index (χ0n) is 12.7. The molecule has 0 unspecified atom stereocenters. The van der Waals surface area contributed by atoms with Crippen molar-refractivity contribution < 1.29 is 4.79 Å². The zero-order valence-corrected chi connectivity index (χ0v) is 14.2. The predicted octanol–water partition coefficient (Wildman–Crippen LogP) is 3.97. The maximum atomic E-state index is 12.5. The number of aryl methyl sites for hydroxylation is 1. The van der Waals surface area contributed by atoms with Gasteiger partial charge in [-0.2, -0.15) is 0 Å². The van der Waals surface area contributed by atoms with E-state index in [4.69, 9.17) is 0 Å². The minimum Gasteiger partial charge on any atom is -0.351 e. The highest BCUT2D eigenvalue weighted by atomic mass is 79.9. The van der Waals surface area contributed by atoms with Gasteiger partial charge in [-0.15, -0.1) is 0 Å². The summed E-state index contributed by atoms with van der Waals surface area (Å²) < 4.78 is 2.80. The minimum atomic E-state index is -0.0334. The molecular weight excluding hydrogens is 330 g/mol. The van der Waals surface area contributed by atoms with E-state index in [2.05, 4.69) is 33.2 Å². The Balaban J connectivity index is 2.15. The van der Waals surface area contributed by atoms with E-state index in [-0.39, 0.29) is 5.91 Å². The van der Waals surface area contributed by atoms with Crippen LogP contribution in [0.1, 0.15) is 55.7 Å². The van der Waals surface area contributed by atoms with Gasteiger partial charge in [-0.25, -0.2) is 4.98 Å². The first-order chi connectivity index (χ1) is 10.2. The van der Waals surface area contributed by atoms with Gasteiger partial charge in [0.1, 0.15) is 11.3 Å². The number of nitrogens with one attached hydrogen (secondary N) is 1. The molecule has 0 saturated heterocycles. The van der Waals surface area contributed by atoms with E-state index in [0.29, 0.717) is 5.69 Å². The first-order valence-electron chi connectivity index (χ1n) is 7.62. The number of carbonyl (C=O) groups excluding carboxylic acids is 1. The number of unbranched alkanes of at least 4 members (excludes halogenated alkanes) is 3. The van der Waals surface area contributed by atoms with Crippen LogP contribution in [0.15, 0.2) is 22.8 Å². The number of halogens is 1. The molecule has 2 heterocycles. The quantitative estimate of drug-likeness (QED) is 0.767. The standard InChI is InChI=1S/C16H22BrN3O/c1-3-5-6-7-10-18-16(21)15-13(4-2)19-14-9-8-12(17)11-20(14)15/h8-9,11H,3-7,10H2,1-2H3,(H,18,21). The summed E-state index contributed by atoms with van der Waals surface area (Å²) in [7, 11) is 0. The van der Waals surface area contributed by atoms with Crippen LogP contribution in [-0.2, 0) is 6.42 Å². The third kappa shape index (κ3) is 3.84. The molecule has 0 aliphatic carbocycles. The number of hydrogen-bond acceptors (Lipinski definition) is 2. The zero-order chi connectivity index (χ0) is 15.2. The van der Waals surface area contributed by atoms with Gasteiger partial charge in [-0.05, 0) is 40.9 Å². The van der Waals surface area contributed by atoms with E-state index >= 15 is 0 Å². The molecule has 1 amide bonds. The average Bonchev–Trinajstić information content (AvgIpc) is 2.84. The number of pyridine rings is 1. The lowest BCUT2D eigenvalue weighted by atomic mass is 10.2. The number of fused-ring (bicyclic) bond motifs is 1. The fourth-order valence-electron chi connectivity index (χ4n) is 2.39. The Morgan fingerprint density at radius 3 is 2.81 bits per heavy atom. The molecule has 0 aliphatic heterocycles. The first-order valence-corrected chi connectivity index (χ1v) is 8.41. The van der Waals surface area contributed by atoms with Crippen molar-refractivity contribution in [2.24, 2.45) is 0 Å². The molecule has 0 aromatic carbocycles. The van der Waals surface area contributed by atoms with Crippen LogP contribution in [0.5, 0.6) is 0 Å². The number of hydrogen-bond donors (Lipinski definition) is 1. The molecule has 0 aliphatic rings. The summed E-state index contributed by atoms with van der Waals surface area (Å²) >= 11 is 3.45. The lowest BCUT2D eigenvalue weighted by Gasteiger charge is -2.06. The van der Waals surface area contributed by atoms with Crippen LogP contribution >= 0.6 is 15.9 Å². The van der Waals surface area contributed by atoms with Crippen LogP contribution in [0.4, 0.5) is 0 Å². The smallest absolute Gasteiger partial charge is 0.270 e. The average molecular weight is 352 g/mol. The second kappa shape index (κ2) is 7.59. The van der Waals surface area contributed by atoms with Gasteiger partial charge in [0.15, 0.2) is 0 Å². The molecule has 5 heteroatoms. The van der Waals surface area contributed by atoms with Crippen LogP contribution in [-0.4, -0.2) is 21.8 Å². The maximum Gasteiger partial charge on any atom is 0.270 e. The highest BCUT2D eigenvalue weighted by molar-refractivity contribution is 9.10. The number of rotatable bonds is 7. The number of amides is 1. The van der Waals surface area contributed by atoms with Crippen LogP contribution in [0, 0.1) is 0 Å². The third-order valence-corrected chi connectivity index (χ3v) is 3.99. The summed E-state index contributed by atoms with van der Waals surface area (Å²) in [5.41, 5.74) is 2.31. The minimum absolute atomic E-state index is 0.0334. The van der Waals surface area contributed by atoms with Crippen LogP contribution in [0.3, 0.4) is 0 Å². The molecule has 0 radical (unpaired) electrons. The van der Waals surface area contributed by atoms with Crippen LogP contribution in [0.25, 0.3) is 5.65 Å². The molecule has 2 aromatic heterocycles. The topological polar surface area (TPSA) is 46.4 Å². The SMILES string of the molecule is CCCCCCNC(=O)c1c(CC)nc2ccc(Br)cn12. The van der Waals surface area contributed by atoms with Gasteiger partial charge in [0.2, 0.25) is 0 Å². The molecule has 4 nitrogen and oxygen atoms in total. The molecule has 2 rings (SSSR count). The molecule has 0 spiro atoms. The van der Waals surface area contributed by atoms with Gasteiger partial charge in [0, 0.05) is 17.2 Å². The van der Waals surface area contributed by atoms with Gasteiger partial charge in [-0.3, -0.25) is 9.20 Å². The molecule has 0 fully saturated rings. The van der Waals surface area contributed by atoms with Gasteiger partial charge in [-0.1, -0.05) is 33.1 Å². The van der Waals surface area contributed by atoms with Crippen molar-refractivity contribution in [1.29, 1.82) is 0 Å². The summed E-state index contributed by atoms with van der Waals surface area (Å²) in [6.07, 6.45) is 7.26. The van der Waals surface area contributed by atoms with E-state index in [1.807, 2.05) is 29.7 Å². The van der Waals surface area contributed by atoms with Crippen molar-refractivity contribution in [2.75, 3.05) is 6.54 Å². The van der Waals surface area contributed by atoms with Gasteiger partial charge in [0.05, 0.1) is 5.69 Å². The monoisotopic (exact) mass is 351 g/mol. The molecule has 2 aromatic rings. The molecule has 0 bridgehead atoms. The Labute approximate surface area is 134 Å². The van der Waals surface area contributed by atoms with Crippen molar-refractivity contribution in [3.05, 3.63) is 34.2 Å². The Kier molecular flexibility index (Phi) is 5.79. The second-order valence-electron chi connectivity index (χ2n) is 5.15. The van der Waals surface area contributed by atoms with E-state index in [1.54, 1.807) is 0 Å². The molecule has 0 atom stereocenters. The normalized spacial score (nSPS) is 11.0. The van der Waals surface area contributed by atoms with E-state index in [1.165, 1.54) is 12.8 Å². The van der Waals surface area contributed by atoms with Crippen molar-refractivity contribution in [3.63, 3.8) is 0 Å². The number of carbonyl (C=O) groups is 1. The lowest BCUT2D eigenvalue weighted by molar-refractivity contribution is 0.0946. The van der Waals surface area contributed by atoms with E-state index < -0.39 is 0 Å². The fourth-order valence-corrected chi connectivity index (χ4v) is 2.73. The molecule has 0 saturated carbocycles. The van der Waals surface area contributed by atoms with Crippen LogP contribution < -0.4 is 5.32 Å². The van der Waals surface area contributed by atoms with Gasteiger partial charge in [0.25, 0.3) is 5.91 Å². The highest BCUT2D eigenvalue weighted by Gasteiger charge is 2.17. The molecule has 1 N–H and O–H groups in total. The Morgan fingerprint density at radius 1 is 1.29 bits per heavy atom. The lowest BCUT2D eigenvalue weighted by Crippen LogP contribution is -2.26. The third-order valence-electron chi connectivity index (χ3n) is 3.52. The Bertz CT molecular complexity index is 621. The molecule has 21 heavy (non-hydrogen) atoms. The van der Waals surface area contributed by atoms with Crippen molar-refractivity contribution in [2.45, 2.75) is 46.0 Å². The summed E-state index contributed by atoms with van der Waals surface area (Å²) in [4.78, 5) is 17.0. The number of imidazole rings is 1. The fraction of sp³-hybridized carbons (Fsp3) is 0.500. The summed E-state index contributed by atoms with van der Waals surface area (Å²) in [5, 5.41) is 3.02. The van der Waals surface area contributed by atoms with Crippen molar-refractivity contribution >= 4 is 27.5 Å². The van der Waals surface area contributed by atoms with Crippen molar-refractivity contribution in [3.8, 4) is 0 Å². The van der Waals surface area contributed by atoms with E-state index in [0.717, 1.165) is 41.6 Å². The number of aromatic nitrogens is 2. The summed E-state index contributed by atoms with van der Waals surface area (Å²) in [5.74, 6) is -0.0334. The first kappa shape index (κ1) is 16.0.